The molecular weight excluding hydrogens is 404 g/mol. The molecule has 0 aromatic heterocycles. The molecule has 1 fully saturated rings. The van der Waals surface area contributed by atoms with E-state index in [0.29, 0.717) is 32.5 Å². The number of likely N-dealkylation sites (tertiary alicyclic amines) is 1. The number of nitrogens with zero attached hydrogens (tertiary/aromatic N) is 2. The Bertz CT molecular complexity index is 1110. The third-order valence-electron chi connectivity index (χ3n) is 6.29. The SMILES string of the molecule is O=C1CCCN1C(O)CCN(Cc1ccc2c(c1)OCO2)Cc1cccc2ccccc12. The maximum atomic E-state index is 12.0. The molecule has 1 saturated heterocycles. The number of benzene rings is 3. The first kappa shape index (κ1) is 20.8. The first-order valence-electron chi connectivity index (χ1n) is 11.2. The van der Waals surface area contributed by atoms with Crippen LogP contribution in [0.1, 0.15) is 30.4 Å². The van der Waals surface area contributed by atoms with Crippen molar-refractivity contribution in [1.82, 2.24) is 9.80 Å². The van der Waals surface area contributed by atoms with Crippen molar-refractivity contribution in [2.24, 2.45) is 0 Å². The van der Waals surface area contributed by atoms with Gasteiger partial charge >= 0.3 is 0 Å². The molecule has 1 atom stereocenters. The van der Waals surface area contributed by atoms with Crippen LogP contribution in [0.15, 0.2) is 60.7 Å². The number of carbonyl (C=O) groups excluding carboxylic acids is 1. The minimum Gasteiger partial charge on any atom is -0.454 e. The first-order chi connectivity index (χ1) is 15.7. The summed E-state index contributed by atoms with van der Waals surface area (Å²) >= 11 is 0. The van der Waals surface area contributed by atoms with Gasteiger partial charge in [0.15, 0.2) is 11.5 Å². The Kier molecular flexibility index (Phi) is 5.97. The lowest BCUT2D eigenvalue weighted by Crippen LogP contribution is -2.38. The molecule has 6 nitrogen and oxygen atoms in total. The van der Waals surface area contributed by atoms with Gasteiger partial charge in [0.1, 0.15) is 6.23 Å². The molecule has 3 aromatic rings. The van der Waals surface area contributed by atoms with Crippen molar-refractivity contribution in [1.29, 1.82) is 0 Å². The van der Waals surface area contributed by atoms with E-state index in [2.05, 4.69) is 53.4 Å². The second kappa shape index (κ2) is 9.18. The fraction of sp³-hybridized carbons (Fsp3) is 0.346. The Hall–Kier alpha value is -3.09. The van der Waals surface area contributed by atoms with Gasteiger partial charge in [-0.15, -0.1) is 0 Å². The summed E-state index contributed by atoms with van der Waals surface area (Å²) < 4.78 is 11.0. The number of fused-ring (bicyclic) bond motifs is 2. The van der Waals surface area contributed by atoms with Crippen molar-refractivity contribution in [3.8, 4) is 11.5 Å². The minimum absolute atomic E-state index is 0.0499. The molecule has 2 aliphatic heterocycles. The second-order valence-electron chi connectivity index (χ2n) is 8.50. The molecule has 1 unspecified atom stereocenters. The van der Waals surface area contributed by atoms with E-state index >= 15 is 0 Å². The van der Waals surface area contributed by atoms with Gasteiger partial charge in [0.05, 0.1) is 0 Å². The quantitative estimate of drug-likeness (QED) is 0.585. The van der Waals surface area contributed by atoms with Gasteiger partial charge in [-0.05, 0) is 40.5 Å². The van der Waals surface area contributed by atoms with Gasteiger partial charge in [0.2, 0.25) is 12.7 Å². The van der Waals surface area contributed by atoms with Crippen LogP contribution >= 0.6 is 0 Å². The highest BCUT2D eigenvalue weighted by atomic mass is 16.7. The molecule has 0 spiro atoms. The van der Waals surface area contributed by atoms with Crippen molar-refractivity contribution >= 4 is 16.7 Å². The average Bonchev–Trinajstić information content (AvgIpc) is 3.46. The zero-order valence-corrected chi connectivity index (χ0v) is 18.1. The average molecular weight is 433 g/mol. The summed E-state index contributed by atoms with van der Waals surface area (Å²) in [4.78, 5) is 16.0. The maximum absolute atomic E-state index is 12.0. The zero-order valence-electron chi connectivity index (χ0n) is 18.1. The molecule has 0 saturated carbocycles. The zero-order chi connectivity index (χ0) is 21.9. The summed E-state index contributed by atoms with van der Waals surface area (Å²) in [5.41, 5.74) is 2.37. The highest BCUT2D eigenvalue weighted by Crippen LogP contribution is 2.33. The summed E-state index contributed by atoms with van der Waals surface area (Å²) in [7, 11) is 0. The minimum atomic E-state index is -0.739. The van der Waals surface area contributed by atoms with Crippen LogP contribution in [0.4, 0.5) is 0 Å². The maximum Gasteiger partial charge on any atom is 0.231 e. The molecule has 2 aliphatic rings. The molecule has 0 radical (unpaired) electrons. The molecule has 166 valence electrons. The highest BCUT2D eigenvalue weighted by Gasteiger charge is 2.26. The topological polar surface area (TPSA) is 62.2 Å². The van der Waals surface area contributed by atoms with Crippen LogP contribution in [0.5, 0.6) is 11.5 Å². The van der Waals surface area contributed by atoms with E-state index < -0.39 is 6.23 Å². The van der Waals surface area contributed by atoms with Gasteiger partial charge in [-0.1, -0.05) is 48.5 Å². The number of aliphatic hydroxyl groups excluding tert-OH is 1. The third-order valence-corrected chi connectivity index (χ3v) is 6.29. The van der Waals surface area contributed by atoms with Crippen molar-refractivity contribution in [2.45, 2.75) is 38.6 Å². The molecular formula is C26H28N2O4. The summed E-state index contributed by atoms with van der Waals surface area (Å²) in [5, 5.41) is 13.1. The number of hydrogen-bond acceptors (Lipinski definition) is 5. The number of aliphatic hydroxyl groups is 1. The summed E-state index contributed by atoms with van der Waals surface area (Å²) in [6.07, 6.45) is 1.14. The van der Waals surface area contributed by atoms with E-state index in [1.54, 1.807) is 4.90 Å². The van der Waals surface area contributed by atoms with Gasteiger partial charge in [0.25, 0.3) is 0 Å². The molecule has 0 bridgehead atoms. The van der Waals surface area contributed by atoms with E-state index in [4.69, 9.17) is 9.47 Å². The molecule has 6 heteroatoms. The Morgan fingerprint density at radius 3 is 2.72 bits per heavy atom. The molecule has 0 aliphatic carbocycles. The van der Waals surface area contributed by atoms with Crippen LogP contribution < -0.4 is 9.47 Å². The predicted molar refractivity (Wildman–Crippen MR) is 122 cm³/mol. The molecule has 32 heavy (non-hydrogen) atoms. The van der Waals surface area contributed by atoms with Crippen LogP contribution in [0, 0.1) is 0 Å². The van der Waals surface area contributed by atoms with Crippen LogP contribution in [-0.4, -0.2) is 46.9 Å². The Balaban J connectivity index is 1.35. The summed E-state index contributed by atoms with van der Waals surface area (Å²) in [6.45, 7) is 3.03. The van der Waals surface area contributed by atoms with Gasteiger partial charge in [-0.2, -0.15) is 0 Å². The Morgan fingerprint density at radius 2 is 1.84 bits per heavy atom. The molecule has 5 rings (SSSR count). The van der Waals surface area contributed by atoms with E-state index in [0.717, 1.165) is 30.0 Å². The van der Waals surface area contributed by atoms with Crippen LogP contribution in [0.3, 0.4) is 0 Å². The lowest BCUT2D eigenvalue weighted by molar-refractivity contribution is -0.136. The monoisotopic (exact) mass is 432 g/mol. The lowest BCUT2D eigenvalue weighted by Gasteiger charge is -2.28. The van der Waals surface area contributed by atoms with Crippen molar-refractivity contribution in [3.05, 3.63) is 71.8 Å². The third kappa shape index (κ3) is 4.42. The van der Waals surface area contributed by atoms with Gasteiger partial charge in [0, 0.05) is 39.0 Å². The lowest BCUT2D eigenvalue weighted by atomic mass is 10.0. The first-order valence-corrected chi connectivity index (χ1v) is 11.2. The standard InChI is InChI=1S/C26H28N2O4/c29-25-9-4-13-28(25)26(30)12-14-27(16-19-10-11-23-24(15-19)32-18-31-23)17-21-7-3-6-20-5-1-2-8-22(20)21/h1-3,5-8,10-11,15,26,30H,4,9,12-14,16-18H2. The number of amides is 1. The summed E-state index contributed by atoms with van der Waals surface area (Å²) in [5.74, 6) is 1.60. The normalized spacial score (nSPS) is 16.3. The van der Waals surface area contributed by atoms with Gasteiger partial charge in [-0.3, -0.25) is 9.69 Å². The van der Waals surface area contributed by atoms with Crippen molar-refractivity contribution in [2.75, 3.05) is 19.9 Å². The number of carbonyl (C=O) groups is 1. The van der Waals surface area contributed by atoms with E-state index in [9.17, 15) is 9.90 Å². The van der Waals surface area contributed by atoms with Crippen LogP contribution in [0.2, 0.25) is 0 Å². The van der Waals surface area contributed by atoms with Gasteiger partial charge in [-0.25, -0.2) is 0 Å². The van der Waals surface area contributed by atoms with E-state index in [1.807, 2.05) is 12.1 Å². The number of rotatable bonds is 8. The van der Waals surface area contributed by atoms with Crippen molar-refractivity contribution < 1.29 is 19.4 Å². The largest absolute Gasteiger partial charge is 0.454 e. The van der Waals surface area contributed by atoms with E-state index in [1.165, 1.54) is 16.3 Å². The fourth-order valence-electron chi connectivity index (χ4n) is 4.62. The number of ether oxygens (including phenoxy) is 2. The molecule has 1 amide bonds. The molecule has 3 aromatic carbocycles. The molecule has 1 N–H and O–H groups in total. The molecule has 2 heterocycles. The highest BCUT2D eigenvalue weighted by molar-refractivity contribution is 5.85. The van der Waals surface area contributed by atoms with Crippen LogP contribution in [-0.2, 0) is 17.9 Å². The Morgan fingerprint density at radius 1 is 1.00 bits per heavy atom. The van der Waals surface area contributed by atoms with E-state index in [-0.39, 0.29) is 12.7 Å². The smallest absolute Gasteiger partial charge is 0.231 e. The summed E-state index contributed by atoms with van der Waals surface area (Å²) in [6, 6.07) is 20.8. The number of hydrogen-bond donors (Lipinski definition) is 1. The second-order valence-corrected chi connectivity index (χ2v) is 8.50. The van der Waals surface area contributed by atoms with Gasteiger partial charge < -0.3 is 19.5 Å². The van der Waals surface area contributed by atoms with Crippen molar-refractivity contribution in [3.63, 3.8) is 0 Å². The fourth-order valence-corrected chi connectivity index (χ4v) is 4.62. The Labute approximate surface area is 188 Å². The van der Waals surface area contributed by atoms with Crippen LogP contribution in [0.25, 0.3) is 10.8 Å². The predicted octanol–water partition coefficient (Wildman–Crippen LogP) is 3.90.